The van der Waals surface area contributed by atoms with Gasteiger partial charge in [0, 0.05) is 24.0 Å². The molecule has 1 aliphatic heterocycles. The maximum absolute atomic E-state index is 12.2. The molecule has 1 unspecified atom stereocenters. The second-order valence-electron chi connectivity index (χ2n) is 4.29. The van der Waals surface area contributed by atoms with E-state index in [-0.39, 0.29) is 18.3 Å². The molecule has 2 rings (SSSR count). The highest BCUT2D eigenvalue weighted by Gasteiger charge is 2.24. The van der Waals surface area contributed by atoms with Crippen molar-refractivity contribution in [3.63, 3.8) is 0 Å². The van der Waals surface area contributed by atoms with E-state index in [9.17, 15) is 4.79 Å². The molecule has 0 aromatic carbocycles. The number of carbonyl (C=O) groups is 1. The van der Waals surface area contributed by atoms with Crippen LogP contribution in [0.4, 0.5) is 0 Å². The minimum atomic E-state index is 0. The molecule has 5 heteroatoms. The van der Waals surface area contributed by atoms with E-state index >= 15 is 0 Å². The monoisotopic (exact) mass is 274 g/mol. The van der Waals surface area contributed by atoms with Crippen molar-refractivity contribution < 1.29 is 4.79 Å². The van der Waals surface area contributed by atoms with Crippen LogP contribution in [0, 0.1) is 6.92 Å². The number of nitrogens with one attached hydrogen (secondary N) is 1. The number of thiophene rings is 1. The predicted molar refractivity (Wildman–Crippen MR) is 74.3 cm³/mol. The summed E-state index contributed by atoms with van der Waals surface area (Å²) >= 11 is 1.59. The molecule has 0 saturated carbocycles. The minimum absolute atomic E-state index is 0. The number of rotatable bonds is 2. The topological polar surface area (TPSA) is 32.3 Å². The zero-order valence-electron chi connectivity index (χ0n) is 10.2. The van der Waals surface area contributed by atoms with E-state index in [4.69, 9.17) is 0 Å². The summed E-state index contributed by atoms with van der Waals surface area (Å²) in [7, 11) is 1.97. The lowest BCUT2D eigenvalue weighted by atomic mass is 10.1. The molecular weight excluding hydrogens is 256 g/mol. The van der Waals surface area contributed by atoms with Crippen LogP contribution in [-0.4, -0.2) is 37.0 Å². The third-order valence-corrected chi connectivity index (χ3v) is 4.06. The zero-order valence-corrected chi connectivity index (χ0v) is 11.9. The van der Waals surface area contributed by atoms with Gasteiger partial charge in [-0.1, -0.05) is 0 Å². The summed E-state index contributed by atoms with van der Waals surface area (Å²) in [5.41, 5.74) is 0. The highest BCUT2D eigenvalue weighted by Crippen LogP contribution is 2.19. The third kappa shape index (κ3) is 3.44. The van der Waals surface area contributed by atoms with E-state index in [1.54, 1.807) is 11.3 Å². The molecule has 0 bridgehead atoms. The average Bonchev–Trinajstić information content (AvgIpc) is 2.75. The van der Waals surface area contributed by atoms with Crippen LogP contribution in [0.25, 0.3) is 0 Å². The summed E-state index contributed by atoms with van der Waals surface area (Å²) in [6.07, 6.45) is 2.27. The van der Waals surface area contributed by atoms with Gasteiger partial charge in [-0.15, -0.1) is 23.7 Å². The molecule has 0 spiro atoms. The average molecular weight is 275 g/mol. The van der Waals surface area contributed by atoms with Crippen molar-refractivity contribution in [3.8, 4) is 0 Å². The highest BCUT2D eigenvalue weighted by atomic mass is 35.5. The van der Waals surface area contributed by atoms with Crippen LogP contribution in [0.5, 0.6) is 0 Å². The summed E-state index contributed by atoms with van der Waals surface area (Å²) in [5.74, 6) is 0.193. The number of amides is 1. The summed E-state index contributed by atoms with van der Waals surface area (Å²) in [6, 6.07) is 4.40. The first-order chi connectivity index (χ1) is 7.70. The molecule has 1 amide bonds. The molecule has 0 aliphatic carbocycles. The number of nitrogens with zero attached hydrogens (tertiary/aromatic N) is 1. The minimum Gasteiger partial charge on any atom is -0.336 e. The van der Waals surface area contributed by atoms with Gasteiger partial charge in [0.1, 0.15) is 0 Å². The van der Waals surface area contributed by atoms with E-state index in [0.717, 1.165) is 24.4 Å². The van der Waals surface area contributed by atoms with Gasteiger partial charge in [0.2, 0.25) is 0 Å². The van der Waals surface area contributed by atoms with E-state index < -0.39 is 0 Å². The molecule has 3 nitrogen and oxygen atoms in total. The zero-order chi connectivity index (χ0) is 11.5. The van der Waals surface area contributed by atoms with Crippen molar-refractivity contribution in [1.82, 2.24) is 10.2 Å². The summed E-state index contributed by atoms with van der Waals surface area (Å²) < 4.78 is 0. The first kappa shape index (κ1) is 14.5. The summed E-state index contributed by atoms with van der Waals surface area (Å²) in [4.78, 5) is 16.2. The van der Waals surface area contributed by atoms with E-state index in [1.807, 2.05) is 31.0 Å². The van der Waals surface area contributed by atoms with Gasteiger partial charge in [-0.25, -0.2) is 0 Å². The van der Waals surface area contributed by atoms with Crippen molar-refractivity contribution in [2.75, 3.05) is 20.1 Å². The smallest absolute Gasteiger partial charge is 0.263 e. The lowest BCUT2D eigenvalue weighted by molar-refractivity contribution is 0.0703. The van der Waals surface area contributed by atoms with Crippen LogP contribution in [0.3, 0.4) is 0 Å². The molecule has 96 valence electrons. The van der Waals surface area contributed by atoms with Gasteiger partial charge >= 0.3 is 0 Å². The van der Waals surface area contributed by atoms with Gasteiger partial charge in [0.05, 0.1) is 4.88 Å². The Bertz CT molecular complexity index is 380. The third-order valence-electron chi connectivity index (χ3n) is 3.07. The molecule has 1 saturated heterocycles. The van der Waals surface area contributed by atoms with E-state index in [1.165, 1.54) is 11.3 Å². The largest absolute Gasteiger partial charge is 0.336 e. The van der Waals surface area contributed by atoms with Gasteiger partial charge in [-0.3, -0.25) is 4.79 Å². The van der Waals surface area contributed by atoms with Crippen molar-refractivity contribution >= 4 is 29.7 Å². The Balaban J connectivity index is 0.00000144. The molecule has 1 fully saturated rings. The van der Waals surface area contributed by atoms with Crippen molar-refractivity contribution in [3.05, 3.63) is 21.9 Å². The van der Waals surface area contributed by atoms with Crippen LogP contribution >= 0.6 is 23.7 Å². The van der Waals surface area contributed by atoms with Crippen molar-refractivity contribution in [2.24, 2.45) is 0 Å². The first-order valence-electron chi connectivity index (χ1n) is 5.73. The number of halogens is 1. The van der Waals surface area contributed by atoms with Crippen LogP contribution in [0.15, 0.2) is 12.1 Å². The lowest BCUT2D eigenvalue weighted by Crippen LogP contribution is -2.46. The van der Waals surface area contributed by atoms with Gasteiger partial charge in [-0.05, 0) is 38.9 Å². The maximum Gasteiger partial charge on any atom is 0.263 e. The fraction of sp³-hybridized carbons (Fsp3) is 0.583. The fourth-order valence-corrected chi connectivity index (χ4v) is 2.94. The maximum atomic E-state index is 12.2. The number of likely N-dealkylation sites (N-methyl/N-ethyl adjacent to an activating group) is 1. The molecule has 2 heterocycles. The summed E-state index contributed by atoms with van der Waals surface area (Å²) in [6.45, 7) is 3.77. The molecule has 1 atom stereocenters. The van der Waals surface area contributed by atoms with Crippen LogP contribution in [-0.2, 0) is 0 Å². The Morgan fingerprint density at radius 1 is 1.53 bits per heavy atom. The Labute approximate surface area is 113 Å². The van der Waals surface area contributed by atoms with Crippen molar-refractivity contribution in [2.45, 2.75) is 25.8 Å². The molecular formula is C12H19ClN2OS. The van der Waals surface area contributed by atoms with Crippen LogP contribution in [0.2, 0.25) is 0 Å². The molecule has 1 aromatic rings. The first-order valence-corrected chi connectivity index (χ1v) is 6.55. The normalized spacial score (nSPS) is 19.9. The van der Waals surface area contributed by atoms with Gasteiger partial charge in [-0.2, -0.15) is 0 Å². The standard InChI is InChI=1S/C12H18N2OS.ClH/c1-9-5-6-11(16-9)12(15)14-7-3-4-10(8-14)13-2;/h5-6,10,13H,3-4,7-8H2,1-2H3;1H. The second-order valence-corrected chi connectivity index (χ2v) is 5.58. The summed E-state index contributed by atoms with van der Waals surface area (Å²) in [5, 5.41) is 3.25. The number of hydrogen-bond acceptors (Lipinski definition) is 3. The number of likely N-dealkylation sites (tertiary alicyclic amines) is 1. The van der Waals surface area contributed by atoms with E-state index in [2.05, 4.69) is 5.32 Å². The number of aryl methyl sites for hydroxylation is 1. The Morgan fingerprint density at radius 2 is 2.29 bits per heavy atom. The Hall–Kier alpha value is -0.580. The van der Waals surface area contributed by atoms with Gasteiger partial charge in [0.25, 0.3) is 5.91 Å². The molecule has 0 radical (unpaired) electrons. The van der Waals surface area contributed by atoms with Gasteiger partial charge in [0.15, 0.2) is 0 Å². The van der Waals surface area contributed by atoms with E-state index in [0.29, 0.717) is 6.04 Å². The number of piperidine rings is 1. The number of hydrogen-bond donors (Lipinski definition) is 1. The molecule has 1 aromatic heterocycles. The predicted octanol–water partition coefficient (Wildman–Crippen LogP) is 2.30. The van der Waals surface area contributed by atoms with Crippen LogP contribution < -0.4 is 5.32 Å². The quantitative estimate of drug-likeness (QED) is 0.898. The SMILES string of the molecule is CNC1CCCN(C(=O)c2ccc(C)s2)C1.Cl. The second kappa shape index (κ2) is 6.38. The van der Waals surface area contributed by atoms with Gasteiger partial charge < -0.3 is 10.2 Å². The van der Waals surface area contributed by atoms with Crippen molar-refractivity contribution in [1.29, 1.82) is 0 Å². The highest BCUT2D eigenvalue weighted by molar-refractivity contribution is 7.13. The fourth-order valence-electron chi connectivity index (χ4n) is 2.10. The molecule has 17 heavy (non-hydrogen) atoms. The van der Waals surface area contributed by atoms with Crippen LogP contribution in [0.1, 0.15) is 27.4 Å². The Morgan fingerprint density at radius 3 is 2.88 bits per heavy atom. The number of carbonyl (C=O) groups excluding carboxylic acids is 1. The molecule has 1 aliphatic rings. The lowest BCUT2D eigenvalue weighted by Gasteiger charge is -2.32. The Kier molecular flexibility index (Phi) is 5.43. The molecule has 1 N–H and O–H groups in total.